The third-order valence-corrected chi connectivity index (χ3v) is 2.34. The van der Waals surface area contributed by atoms with Crippen molar-refractivity contribution in [3.05, 3.63) is 23.7 Å². The van der Waals surface area contributed by atoms with Crippen molar-refractivity contribution in [2.45, 2.75) is 19.4 Å². The molecular formula is C8H14N2O3. The van der Waals surface area contributed by atoms with Gasteiger partial charge in [0.05, 0.1) is 0 Å². The van der Waals surface area contributed by atoms with Gasteiger partial charge in [-0.25, -0.2) is 0 Å². The predicted molar refractivity (Wildman–Crippen MR) is 46.5 cm³/mol. The van der Waals surface area contributed by atoms with E-state index in [0.29, 0.717) is 5.76 Å². The molecule has 0 aromatic carbocycles. The van der Waals surface area contributed by atoms with Gasteiger partial charge in [0.1, 0.15) is 11.4 Å². The van der Waals surface area contributed by atoms with E-state index < -0.39 is 5.60 Å². The molecule has 1 rings (SSSR count). The molecule has 1 aliphatic rings. The van der Waals surface area contributed by atoms with E-state index in [0.717, 1.165) is 0 Å². The molecular weight excluding hydrogens is 172 g/mol. The molecule has 0 fully saturated rings. The highest BCUT2D eigenvalue weighted by molar-refractivity contribution is 5.29. The summed E-state index contributed by atoms with van der Waals surface area (Å²) in [6.07, 6.45) is 3.16. The fourth-order valence-electron chi connectivity index (χ4n) is 1.18. The van der Waals surface area contributed by atoms with Crippen LogP contribution in [0.1, 0.15) is 13.8 Å². The lowest BCUT2D eigenvalue weighted by molar-refractivity contribution is -0.00806. The van der Waals surface area contributed by atoms with Crippen molar-refractivity contribution >= 4 is 0 Å². The van der Waals surface area contributed by atoms with Crippen LogP contribution in [-0.4, -0.2) is 10.7 Å². The zero-order valence-corrected chi connectivity index (χ0v) is 7.65. The molecule has 1 aliphatic carbocycles. The topological polar surface area (TPSA) is 90.7 Å². The molecule has 2 atom stereocenters. The number of hydrogen-bond acceptors (Lipinski definition) is 5. The fraction of sp³-hybridized carbons (Fsp3) is 0.500. The van der Waals surface area contributed by atoms with Crippen molar-refractivity contribution in [1.82, 2.24) is 0 Å². The van der Waals surface area contributed by atoms with Gasteiger partial charge in [0.25, 0.3) is 0 Å². The highest BCUT2D eigenvalue weighted by Crippen LogP contribution is 2.32. The molecule has 2 unspecified atom stereocenters. The molecule has 0 spiro atoms. The maximum atomic E-state index is 9.90. The summed E-state index contributed by atoms with van der Waals surface area (Å²) in [5.74, 6) is 10.5. The summed E-state index contributed by atoms with van der Waals surface area (Å²) in [6.45, 7) is 3.42. The highest BCUT2D eigenvalue weighted by Gasteiger charge is 2.36. The van der Waals surface area contributed by atoms with E-state index in [1.54, 1.807) is 13.0 Å². The Bertz CT molecular complexity index is 258. The first-order chi connectivity index (χ1) is 6.02. The SMILES string of the molecule is CC1C=C(ON)C=C(ON)C1(C)O. The van der Waals surface area contributed by atoms with Gasteiger partial charge in [0.15, 0.2) is 5.76 Å². The van der Waals surface area contributed by atoms with Crippen LogP contribution in [0.25, 0.3) is 0 Å². The lowest BCUT2D eigenvalue weighted by atomic mass is 9.85. The van der Waals surface area contributed by atoms with Gasteiger partial charge in [-0.1, -0.05) is 6.92 Å². The highest BCUT2D eigenvalue weighted by atomic mass is 16.6. The molecule has 0 aliphatic heterocycles. The summed E-state index contributed by atoms with van der Waals surface area (Å²) < 4.78 is 0. The second-order valence-electron chi connectivity index (χ2n) is 3.25. The Morgan fingerprint density at radius 1 is 1.46 bits per heavy atom. The summed E-state index contributed by atoms with van der Waals surface area (Å²) in [4.78, 5) is 9.07. The van der Waals surface area contributed by atoms with E-state index in [2.05, 4.69) is 9.68 Å². The van der Waals surface area contributed by atoms with Gasteiger partial charge in [0, 0.05) is 12.0 Å². The molecule has 0 radical (unpaired) electrons. The quantitative estimate of drug-likeness (QED) is 0.525. The van der Waals surface area contributed by atoms with Gasteiger partial charge < -0.3 is 14.8 Å². The second kappa shape index (κ2) is 3.37. The molecule has 0 saturated carbocycles. The minimum absolute atomic E-state index is 0.172. The zero-order valence-electron chi connectivity index (χ0n) is 7.65. The molecule has 0 amide bonds. The Morgan fingerprint density at radius 3 is 2.54 bits per heavy atom. The number of aliphatic hydroxyl groups is 1. The average molecular weight is 186 g/mol. The van der Waals surface area contributed by atoms with Gasteiger partial charge in [-0.15, -0.1) is 0 Å². The second-order valence-corrected chi connectivity index (χ2v) is 3.25. The molecule has 0 bridgehead atoms. The standard InChI is InChI=1S/C8H14N2O3/c1-5-3-6(12-9)4-7(13-10)8(5,2)11/h3-5,11H,9-10H2,1-2H3. The van der Waals surface area contributed by atoms with Gasteiger partial charge >= 0.3 is 0 Å². The maximum absolute atomic E-state index is 9.90. The third-order valence-electron chi connectivity index (χ3n) is 2.34. The van der Waals surface area contributed by atoms with Crippen molar-refractivity contribution < 1.29 is 14.8 Å². The molecule has 74 valence electrons. The monoisotopic (exact) mass is 186 g/mol. The minimum Gasteiger partial charge on any atom is -0.413 e. The Labute approximate surface area is 76.5 Å². The predicted octanol–water partition coefficient (Wildman–Crippen LogP) is -0.0645. The van der Waals surface area contributed by atoms with Crippen molar-refractivity contribution in [3.63, 3.8) is 0 Å². The minimum atomic E-state index is -1.11. The van der Waals surface area contributed by atoms with Crippen molar-refractivity contribution in [2.24, 2.45) is 17.7 Å². The van der Waals surface area contributed by atoms with Crippen LogP contribution in [0.15, 0.2) is 23.7 Å². The summed E-state index contributed by atoms with van der Waals surface area (Å²) in [5.41, 5.74) is -1.11. The first kappa shape index (κ1) is 10.0. The first-order valence-electron chi connectivity index (χ1n) is 3.92. The molecule has 5 heteroatoms. The Morgan fingerprint density at radius 2 is 2.08 bits per heavy atom. The third kappa shape index (κ3) is 1.67. The van der Waals surface area contributed by atoms with E-state index in [1.165, 1.54) is 6.08 Å². The number of rotatable bonds is 2. The number of nitrogens with two attached hydrogens (primary N) is 2. The zero-order chi connectivity index (χ0) is 10.1. The number of allylic oxidation sites excluding steroid dienone is 1. The maximum Gasteiger partial charge on any atom is 0.159 e. The largest absolute Gasteiger partial charge is 0.413 e. The molecule has 5 nitrogen and oxygen atoms in total. The van der Waals surface area contributed by atoms with Crippen LogP contribution < -0.4 is 11.8 Å². The van der Waals surface area contributed by atoms with E-state index in [-0.39, 0.29) is 11.7 Å². The summed E-state index contributed by atoms with van der Waals surface area (Å²) in [7, 11) is 0. The lowest BCUT2D eigenvalue weighted by Gasteiger charge is -2.32. The van der Waals surface area contributed by atoms with E-state index in [9.17, 15) is 5.11 Å². The summed E-state index contributed by atoms with van der Waals surface area (Å²) in [5, 5.41) is 9.90. The van der Waals surface area contributed by atoms with Crippen LogP contribution in [0, 0.1) is 5.92 Å². The van der Waals surface area contributed by atoms with Crippen LogP contribution in [0.4, 0.5) is 0 Å². The first-order valence-corrected chi connectivity index (χ1v) is 3.92. The Balaban J connectivity index is 3.00. The Kier molecular flexibility index (Phi) is 2.60. The summed E-state index contributed by atoms with van der Waals surface area (Å²) in [6, 6.07) is 0. The number of hydrogen-bond donors (Lipinski definition) is 3. The molecule has 13 heavy (non-hydrogen) atoms. The van der Waals surface area contributed by atoms with Crippen LogP contribution in [0.3, 0.4) is 0 Å². The molecule has 0 aromatic heterocycles. The molecule has 0 heterocycles. The molecule has 0 aromatic rings. The van der Waals surface area contributed by atoms with Crippen molar-refractivity contribution in [3.8, 4) is 0 Å². The van der Waals surface area contributed by atoms with Crippen LogP contribution in [0.5, 0.6) is 0 Å². The van der Waals surface area contributed by atoms with E-state index >= 15 is 0 Å². The van der Waals surface area contributed by atoms with Gasteiger partial charge in [-0.2, -0.15) is 11.8 Å². The van der Waals surface area contributed by atoms with E-state index in [4.69, 9.17) is 11.8 Å². The van der Waals surface area contributed by atoms with Gasteiger partial charge in [0.2, 0.25) is 0 Å². The van der Waals surface area contributed by atoms with Crippen LogP contribution in [-0.2, 0) is 9.68 Å². The Hall–Kier alpha value is -1.04. The van der Waals surface area contributed by atoms with Crippen molar-refractivity contribution in [2.75, 3.05) is 0 Å². The fourth-order valence-corrected chi connectivity index (χ4v) is 1.18. The average Bonchev–Trinajstić information content (AvgIpc) is 2.09. The van der Waals surface area contributed by atoms with E-state index in [1.807, 2.05) is 6.92 Å². The van der Waals surface area contributed by atoms with Crippen LogP contribution >= 0.6 is 0 Å². The lowest BCUT2D eigenvalue weighted by Crippen LogP contribution is -2.38. The van der Waals surface area contributed by atoms with Gasteiger partial charge in [-0.05, 0) is 13.0 Å². The molecule has 5 N–H and O–H groups in total. The molecule has 0 saturated heterocycles. The van der Waals surface area contributed by atoms with Crippen molar-refractivity contribution in [1.29, 1.82) is 0 Å². The normalized spacial score (nSPS) is 33.5. The smallest absolute Gasteiger partial charge is 0.159 e. The van der Waals surface area contributed by atoms with Gasteiger partial charge in [-0.3, -0.25) is 0 Å². The van der Waals surface area contributed by atoms with Crippen LogP contribution in [0.2, 0.25) is 0 Å². The summed E-state index contributed by atoms with van der Waals surface area (Å²) >= 11 is 0.